The van der Waals surface area contributed by atoms with Crippen LogP contribution in [0.4, 0.5) is 13.2 Å². The van der Waals surface area contributed by atoms with Crippen molar-refractivity contribution in [3.8, 4) is 0 Å². The molecule has 1 saturated heterocycles. The SMILES string of the molecule is CN=C(NCCCCN1CCC(C)CC1)NCCc1nc(C(F)(F)F)cs1.I. The first-order valence-electron chi connectivity index (χ1n) is 9.57. The van der Waals surface area contributed by atoms with Crippen LogP contribution < -0.4 is 10.6 Å². The molecule has 1 fully saturated rings. The van der Waals surface area contributed by atoms with Gasteiger partial charge in [0.2, 0.25) is 0 Å². The van der Waals surface area contributed by atoms with E-state index >= 15 is 0 Å². The highest BCUT2D eigenvalue weighted by atomic mass is 127. The van der Waals surface area contributed by atoms with Crippen molar-refractivity contribution in [1.82, 2.24) is 20.5 Å². The Morgan fingerprint density at radius 2 is 1.93 bits per heavy atom. The van der Waals surface area contributed by atoms with E-state index < -0.39 is 11.9 Å². The number of piperidine rings is 1. The predicted octanol–water partition coefficient (Wildman–Crippen LogP) is 4.00. The van der Waals surface area contributed by atoms with Gasteiger partial charge in [0.1, 0.15) is 0 Å². The lowest BCUT2D eigenvalue weighted by Gasteiger charge is -2.30. The van der Waals surface area contributed by atoms with Gasteiger partial charge in [-0.05, 0) is 51.2 Å². The zero-order chi connectivity index (χ0) is 19.7. The van der Waals surface area contributed by atoms with Gasteiger partial charge in [0, 0.05) is 31.9 Å². The van der Waals surface area contributed by atoms with E-state index in [0.717, 1.165) is 48.6 Å². The fraction of sp³-hybridized carbons (Fsp3) is 0.778. The number of aliphatic imine (C=N–C) groups is 1. The summed E-state index contributed by atoms with van der Waals surface area (Å²) in [7, 11) is 1.69. The lowest BCUT2D eigenvalue weighted by atomic mass is 9.99. The van der Waals surface area contributed by atoms with Crippen LogP contribution in [0.15, 0.2) is 10.4 Å². The highest BCUT2D eigenvalue weighted by molar-refractivity contribution is 14.0. The van der Waals surface area contributed by atoms with Crippen molar-refractivity contribution in [3.63, 3.8) is 0 Å². The predicted molar refractivity (Wildman–Crippen MR) is 120 cm³/mol. The van der Waals surface area contributed by atoms with E-state index in [1.165, 1.54) is 25.9 Å². The Morgan fingerprint density at radius 1 is 1.25 bits per heavy atom. The number of thiazole rings is 1. The second-order valence-corrected chi connectivity index (χ2v) is 7.97. The van der Waals surface area contributed by atoms with Gasteiger partial charge in [-0.25, -0.2) is 4.98 Å². The van der Waals surface area contributed by atoms with Crippen LogP contribution in [-0.2, 0) is 12.6 Å². The molecule has 0 aliphatic carbocycles. The fourth-order valence-corrected chi connectivity index (χ4v) is 3.82. The van der Waals surface area contributed by atoms with Gasteiger partial charge >= 0.3 is 6.18 Å². The van der Waals surface area contributed by atoms with Gasteiger partial charge < -0.3 is 15.5 Å². The van der Waals surface area contributed by atoms with Gasteiger partial charge in [0.15, 0.2) is 11.7 Å². The molecule has 2 N–H and O–H groups in total. The smallest absolute Gasteiger partial charge is 0.356 e. The van der Waals surface area contributed by atoms with Crippen LogP contribution in [-0.4, -0.2) is 55.6 Å². The second kappa shape index (κ2) is 12.8. The molecule has 0 spiro atoms. The van der Waals surface area contributed by atoms with Crippen molar-refractivity contribution in [3.05, 3.63) is 16.1 Å². The van der Waals surface area contributed by atoms with Crippen molar-refractivity contribution >= 4 is 41.3 Å². The van der Waals surface area contributed by atoms with Crippen molar-refractivity contribution in [2.24, 2.45) is 10.9 Å². The van der Waals surface area contributed by atoms with Crippen molar-refractivity contribution in [1.29, 1.82) is 0 Å². The number of halogens is 4. The van der Waals surface area contributed by atoms with E-state index in [4.69, 9.17) is 0 Å². The molecule has 1 aliphatic rings. The maximum Gasteiger partial charge on any atom is 0.434 e. The molecule has 0 unspecified atom stereocenters. The first-order valence-corrected chi connectivity index (χ1v) is 10.4. The molecule has 5 nitrogen and oxygen atoms in total. The molecular formula is C18H31F3IN5S. The van der Waals surface area contributed by atoms with Gasteiger partial charge in [-0.3, -0.25) is 4.99 Å². The molecule has 1 aromatic rings. The third-order valence-corrected chi connectivity index (χ3v) is 5.68. The average Bonchev–Trinajstić information content (AvgIpc) is 3.11. The van der Waals surface area contributed by atoms with Gasteiger partial charge in [0.25, 0.3) is 0 Å². The quantitative estimate of drug-likeness (QED) is 0.230. The normalized spacial score (nSPS) is 16.7. The summed E-state index contributed by atoms with van der Waals surface area (Å²) in [5.41, 5.74) is -0.812. The molecule has 0 saturated carbocycles. The van der Waals surface area contributed by atoms with Gasteiger partial charge in [-0.15, -0.1) is 35.3 Å². The van der Waals surface area contributed by atoms with Crippen molar-refractivity contribution in [2.75, 3.05) is 39.8 Å². The number of aromatic nitrogens is 1. The molecule has 162 valence electrons. The molecule has 0 radical (unpaired) electrons. The summed E-state index contributed by atoms with van der Waals surface area (Å²) in [6, 6.07) is 0. The number of rotatable bonds is 8. The number of guanidine groups is 1. The molecule has 10 heteroatoms. The zero-order valence-corrected chi connectivity index (χ0v) is 19.7. The molecule has 1 aliphatic heterocycles. The minimum absolute atomic E-state index is 0. The summed E-state index contributed by atoms with van der Waals surface area (Å²) in [4.78, 5) is 10.3. The highest BCUT2D eigenvalue weighted by Gasteiger charge is 2.33. The molecule has 1 aromatic heterocycles. The highest BCUT2D eigenvalue weighted by Crippen LogP contribution is 2.30. The molecule has 0 bridgehead atoms. The summed E-state index contributed by atoms with van der Waals surface area (Å²) >= 11 is 1.04. The molecular weight excluding hydrogens is 502 g/mol. The monoisotopic (exact) mass is 533 g/mol. The van der Waals surface area contributed by atoms with E-state index in [0.29, 0.717) is 23.9 Å². The van der Waals surface area contributed by atoms with Crippen molar-refractivity contribution in [2.45, 2.75) is 45.2 Å². The Kier molecular flexibility index (Phi) is 11.7. The summed E-state index contributed by atoms with van der Waals surface area (Å²) in [5, 5.41) is 7.91. The molecule has 2 heterocycles. The lowest BCUT2D eigenvalue weighted by molar-refractivity contribution is -0.140. The fourth-order valence-electron chi connectivity index (χ4n) is 3.02. The minimum atomic E-state index is -4.37. The van der Waals surface area contributed by atoms with Gasteiger partial charge in [-0.2, -0.15) is 13.2 Å². The number of nitrogens with zero attached hydrogens (tertiary/aromatic N) is 3. The Bertz CT molecular complexity index is 586. The van der Waals surface area contributed by atoms with Crippen LogP contribution >= 0.6 is 35.3 Å². The van der Waals surface area contributed by atoms with Crippen LogP contribution in [0, 0.1) is 5.92 Å². The Morgan fingerprint density at radius 3 is 2.54 bits per heavy atom. The largest absolute Gasteiger partial charge is 0.434 e. The lowest BCUT2D eigenvalue weighted by Crippen LogP contribution is -2.39. The Labute approximate surface area is 186 Å². The van der Waals surface area contributed by atoms with E-state index in [9.17, 15) is 13.2 Å². The van der Waals surface area contributed by atoms with E-state index in [1.54, 1.807) is 7.05 Å². The van der Waals surface area contributed by atoms with E-state index in [-0.39, 0.29) is 24.0 Å². The number of hydrogen-bond donors (Lipinski definition) is 2. The summed E-state index contributed by atoms with van der Waals surface area (Å²) in [5.74, 6) is 1.54. The maximum atomic E-state index is 12.5. The summed E-state index contributed by atoms with van der Waals surface area (Å²) in [6.07, 6.45) is 0.893. The number of nitrogens with one attached hydrogen (secondary N) is 2. The zero-order valence-electron chi connectivity index (χ0n) is 16.5. The minimum Gasteiger partial charge on any atom is -0.356 e. The van der Waals surface area contributed by atoms with Crippen LogP contribution in [0.1, 0.15) is 43.3 Å². The first-order chi connectivity index (χ1) is 12.9. The third-order valence-electron chi connectivity index (χ3n) is 4.77. The number of likely N-dealkylation sites (tertiary alicyclic amines) is 1. The number of unbranched alkanes of at least 4 members (excludes halogenated alkanes) is 1. The molecule has 0 atom stereocenters. The Balaban J connectivity index is 0.00000392. The molecule has 0 aromatic carbocycles. The van der Waals surface area contributed by atoms with Crippen LogP contribution in [0.5, 0.6) is 0 Å². The standard InChI is InChI=1S/C18H30F3N5S.HI/c1-14-6-11-26(12-7-14)10-4-3-8-23-17(22-2)24-9-5-16-25-15(13-27-16)18(19,20)21;/h13-14H,3-12H2,1-2H3,(H2,22,23,24);1H. The van der Waals surface area contributed by atoms with Crippen LogP contribution in [0.25, 0.3) is 0 Å². The maximum absolute atomic E-state index is 12.5. The number of alkyl halides is 3. The van der Waals surface area contributed by atoms with Crippen molar-refractivity contribution < 1.29 is 13.2 Å². The topological polar surface area (TPSA) is 52.6 Å². The van der Waals surface area contributed by atoms with Gasteiger partial charge in [-0.1, -0.05) is 6.92 Å². The second-order valence-electron chi connectivity index (χ2n) is 7.03. The summed E-state index contributed by atoms with van der Waals surface area (Å²) < 4.78 is 37.6. The van der Waals surface area contributed by atoms with Gasteiger partial charge in [0.05, 0.1) is 5.01 Å². The first kappa shape index (κ1) is 25.4. The Hall–Kier alpha value is -0.620. The average molecular weight is 533 g/mol. The van der Waals surface area contributed by atoms with Crippen LogP contribution in [0.2, 0.25) is 0 Å². The molecule has 2 rings (SSSR count). The van der Waals surface area contributed by atoms with Crippen LogP contribution in [0.3, 0.4) is 0 Å². The third kappa shape index (κ3) is 9.25. The van der Waals surface area contributed by atoms with E-state index in [2.05, 4.69) is 32.4 Å². The molecule has 0 amide bonds. The summed E-state index contributed by atoms with van der Waals surface area (Å²) in [6.45, 7) is 7.22. The van der Waals surface area contributed by atoms with E-state index in [1.807, 2.05) is 0 Å². The molecule has 28 heavy (non-hydrogen) atoms. The number of hydrogen-bond acceptors (Lipinski definition) is 4.